The van der Waals surface area contributed by atoms with Crippen LogP contribution in [0.3, 0.4) is 0 Å². The molecule has 2 nitrogen and oxygen atoms in total. The first-order chi connectivity index (χ1) is 9.69. The van der Waals surface area contributed by atoms with E-state index in [0.717, 1.165) is 28.9 Å². The molecule has 1 fully saturated rings. The molecule has 0 spiro atoms. The number of unbranched alkanes of at least 4 members (excludes halogenated alkanes) is 1. The highest BCUT2D eigenvalue weighted by Gasteiger charge is 2.25. The number of hydrogen-bond acceptors (Lipinski definition) is 1. The summed E-state index contributed by atoms with van der Waals surface area (Å²) in [6.45, 7) is 2.25. The zero-order chi connectivity index (χ0) is 14.4. The standard InChI is InChI=1S/C17H24BrNO/c1-2-3-5-13-8-10-14(11-9-13)17(20)19-16-7-4-6-15(18)12-16/h4,6-7,12-14H,2-3,5,8-11H2,1H3,(H,19,20). The second-order valence-corrected chi connectivity index (χ2v) is 6.78. The highest BCUT2D eigenvalue weighted by Crippen LogP contribution is 2.32. The van der Waals surface area contributed by atoms with Crippen molar-refractivity contribution in [3.05, 3.63) is 28.7 Å². The van der Waals surface area contributed by atoms with Crippen LogP contribution in [0.4, 0.5) is 5.69 Å². The van der Waals surface area contributed by atoms with E-state index in [0.29, 0.717) is 0 Å². The van der Waals surface area contributed by atoms with E-state index in [9.17, 15) is 4.79 Å². The van der Waals surface area contributed by atoms with Crippen LogP contribution in [0.1, 0.15) is 51.9 Å². The van der Waals surface area contributed by atoms with Crippen LogP contribution < -0.4 is 5.32 Å². The lowest BCUT2D eigenvalue weighted by Gasteiger charge is -2.27. The monoisotopic (exact) mass is 337 g/mol. The number of amides is 1. The maximum absolute atomic E-state index is 12.3. The van der Waals surface area contributed by atoms with Crippen LogP contribution in [0.2, 0.25) is 0 Å². The molecule has 1 aromatic carbocycles. The molecule has 0 radical (unpaired) electrons. The molecule has 3 heteroatoms. The molecule has 0 heterocycles. The van der Waals surface area contributed by atoms with Crippen molar-refractivity contribution in [1.82, 2.24) is 0 Å². The first-order valence-corrected chi connectivity index (χ1v) is 8.54. The molecule has 0 unspecified atom stereocenters. The Balaban J connectivity index is 1.80. The van der Waals surface area contributed by atoms with Crippen LogP contribution in [0.5, 0.6) is 0 Å². The molecule has 2 rings (SSSR count). The summed E-state index contributed by atoms with van der Waals surface area (Å²) >= 11 is 3.43. The van der Waals surface area contributed by atoms with Gasteiger partial charge in [0, 0.05) is 16.1 Å². The normalized spacial score (nSPS) is 22.5. The third kappa shape index (κ3) is 4.62. The summed E-state index contributed by atoms with van der Waals surface area (Å²) in [4.78, 5) is 12.3. The fourth-order valence-corrected chi connectivity index (χ4v) is 3.42. The van der Waals surface area contributed by atoms with Gasteiger partial charge >= 0.3 is 0 Å². The van der Waals surface area contributed by atoms with Gasteiger partial charge in [0.15, 0.2) is 0 Å². The second kappa shape index (κ2) is 7.82. The van der Waals surface area contributed by atoms with Gasteiger partial charge in [0.25, 0.3) is 0 Å². The Kier molecular flexibility index (Phi) is 6.08. The first kappa shape index (κ1) is 15.6. The van der Waals surface area contributed by atoms with E-state index in [4.69, 9.17) is 0 Å². The largest absolute Gasteiger partial charge is 0.326 e. The average molecular weight is 338 g/mol. The lowest BCUT2D eigenvalue weighted by molar-refractivity contribution is -0.121. The molecule has 0 aliphatic heterocycles. The highest BCUT2D eigenvalue weighted by molar-refractivity contribution is 9.10. The van der Waals surface area contributed by atoms with Gasteiger partial charge in [-0.15, -0.1) is 0 Å². The smallest absolute Gasteiger partial charge is 0.227 e. The molecular weight excluding hydrogens is 314 g/mol. The zero-order valence-corrected chi connectivity index (χ0v) is 13.8. The number of carbonyl (C=O) groups is 1. The van der Waals surface area contributed by atoms with Crippen LogP contribution in [-0.2, 0) is 4.79 Å². The Morgan fingerprint density at radius 2 is 2.05 bits per heavy atom. The van der Waals surface area contributed by atoms with Crippen molar-refractivity contribution >= 4 is 27.5 Å². The van der Waals surface area contributed by atoms with E-state index in [1.165, 1.54) is 32.1 Å². The van der Waals surface area contributed by atoms with Crippen LogP contribution in [0.15, 0.2) is 28.7 Å². The lowest BCUT2D eigenvalue weighted by Crippen LogP contribution is -2.27. The molecule has 1 saturated carbocycles. The molecule has 1 aliphatic carbocycles. The number of rotatable bonds is 5. The topological polar surface area (TPSA) is 29.1 Å². The van der Waals surface area contributed by atoms with E-state index in [2.05, 4.69) is 28.2 Å². The predicted octanol–water partition coefficient (Wildman–Crippen LogP) is 5.38. The minimum absolute atomic E-state index is 0.192. The van der Waals surface area contributed by atoms with Crippen LogP contribution in [0.25, 0.3) is 0 Å². The summed E-state index contributed by atoms with van der Waals surface area (Å²) < 4.78 is 0.999. The van der Waals surface area contributed by atoms with Crippen molar-refractivity contribution in [3.8, 4) is 0 Å². The van der Waals surface area contributed by atoms with Gasteiger partial charge in [0.05, 0.1) is 0 Å². The van der Waals surface area contributed by atoms with Crippen molar-refractivity contribution in [3.63, 3.8) is 0 Å². The van der Waals surface area contributed by atoms with Crippen LogP contribution in [-0.4, -0.2) is 5.91 Å². The number of nitrogens with one attached hydrogen (secondary N) is 1. The number of carbonyl (C=O) groups excluding carboxylic acids is 1. The number of hydrogen-bond donors (Lipinski definition) is 1. The third-order valence-electron chi connectivity index (χ3n) is 4.28. The quantitative estimate of drug-likeness (QED) is 0.767. The van der Waals surface area contributed by atoms with Gasteiger partial charge in [0.2, 0.25) is 5.91 Å². The predicted molar refractivity (Wildman–Crippen MR) is 87.7 cm³/mol. The summed E-state index contributed by atoms with van der Waals surface area (Å²) in [6.07, 6.45) is 8.49. The second-order valence-electron chi connectivity index (χ2n) is 5.86. The zero-order valence-electron chi connectivity index (χ0n) is 12.2. The van der Waals surface area contributed by atoms with Crippen molar-refractivity contribution in [2.24, 2.45) is 11.8 Å². The highest BCUT2D eigenvalue weighted by atomic mass is 79.9. The number of benzene rings is 1. The molecule has 0 atom stereocenters. The van der Waals surface area contributed by atoms with Crippen LogP contribution >= 0.6 is 15.9 Å². The van der Waals surface area contributed by atoms with Gasteiger partial charge in [-0.05, 0) is 49.8 Å². The van der Waals surface area contributed by atoms with Crippen molar-refractivity contribution in [2.75, 3.05) is 5.32 Å². The Morgan fingerprint density at radius 3 is 2.70 bits per heavy atom. The first-order valence-electron chi connectivity index (χ1n) is 7.75. The van der Waals surface area contributed by atoms with Crippen molar-refractivity contribution in [2.45, 2.75) is 51.9 Å². The Morgan fingerprint density at radius 1 is 1.30 bits per heavy atom. The average Bonchev–Trinajstić information content (AvgIpc) is 2.45. The van der Waals surface area contributed by atoms with Gasteiger partial charge < -0.3 is 5.32 Å². The molecule has 20 heavy (non-hydrogen) atoms. The van der Waals surface area contributed by atoms with Gasteiger partial charge in [-0.2, -0.15) is 0 Å². The van der Waals surface area contributed by atoms with Gasteiger partial charge in [0.1, 0.15) is 0 Å². The molecule has 1 aliphatic rings. The summed E-state index contributed by atoms with van der Waals surface area (Å²) in [5.74, 6) is 1.24. The number of halogens is 1. The minimum atomic E-state index is 0.192. The molecule has 0 bridgehead atoms. The van der Waals surface area contributed by atoms with Gasteiger partial charge in [-0.3, -0.25) is 4.79 Å². The summed E-state index contributed by atoms with van der Waals surface area (Å²) in [7, 11) is 0. The van der Waals surface area contributed by atoms with Crippen molar-refractivity contribution < 1.29 is 4.79 Å². The van der Waals surface area contributed by atoms with E-state index in [1.807, 2.05) is 24.3 Å². The lowest BCUT2D eigenvalue weighted by atomic mass is 9.79. The van der Waals surface area contributed by atoms with Crippen molar-refractivity contribution in [1.29, 1.82) is 0 Å². The third-order valence-corrected chi connectivity index (χ3v) is 4.77. The fraction of sp³-hybridized carbons (Fsp3) is 0.588. The minimum Gasteiger partial charge on any atom is -0.326 e. The van der Waals surface area contributed by atoms with Gasteiger partial charge in [-0.1, -0.05) is 48.2 Å². The maximum atomic E-state index is 12.3. The maximum Gasteiger partial charge on any atom is 0.227 e. The summed E-state index contributed by atoms with van der Waals surface area (Å²) in [5.41, 5.74) is 0.887. The summed E-state index contributed by atoms with van der Waals surface area (Å²) in [5, 5.41) is 3.04. The Bertz CT molecular complexity index is 438. The molecule has 1 N–H and O–H groups in total. The van der Waals surface area contributed by atoms with Gasteiger partial charge in [-0.25, -0.2) is 0 Å². The Hall–Kier alpha value is -0.830. The van der Waals surface area contributed by atoms with E-state index in [-0.39, 0.29) is 11.8 Å². The SMILES string of the molecule is CCCCC1CCC(C(=O)Nc2cccc(Br)c2)CC1. The van der Waals surface area contributed by atoms with Crippen LogP contribution in [0, 0.1) is 11.8 Å². The Labute approximate surface area is 130 Å². The molecule has 0 saturated heterocycles. The molecular formula is C17H24BrNO. The molecule has 1 amide bonds. The fourth-order valence-electron chi connectivity index (χ4n) is 3.02. The molecule has 1 aromatic rings. The molecule has 110 valence electrons. The number of anilines is 1. The molecule has 0 aromatic heterocycles. The summed E-state index contributed by atoms with van der Waals surface area (Å²) in [6, 6.07) is 7.80. The van der Waals surface area contributed by atoms with E-state index < -0.39 is 0 Å². The van der Waals surface area contributed by atoms with E-state index in [1.54, 1.807) is 0 Å². The van der Waals surface area contributed by atoms with E-state index >= 15 is 0 Å².